The van der Waals surface area contributed by atoms with Crippen LogP contribution >= 0.6 is 22.3 Å². The molecule has 0 aliphatic carbocycles. The molecule has 0 aliphatic rings. The van der Waals surface area contributed by atoms with Crippen LogP contribution in [0.15, 0.2) is 17.5 Å². The number of nitrogens with one attached hydrogen (secondary N) is 2. The van der Waals surface area contributed by atoms with E-state index in [1.807, 2.05) is 4.72 Å². The van der Waals surface area contributed by atoms with Crippen LogP contribution in [0.1, 0.15) is 0 Å². The number of anilines is 1. The first kappa shape index (κ1) is 11.1. The molecule has 1 aromatic heterocycles. The van der Waals surface area contributed by atoms with Gasteiger partial charge in [0.1, 0.15) is 16.0 Å². The minimum atomic E-state index is -3.63. The van der Waals surface area contributed by atoms with Gasteiger partial charge in [-0.15, -0.1) is 11.3 Å². The van der Waals surface area contributed by atoms with Crippen LogP contribution in [-0.4, -0.2) is 14.4 Å². The molecule has 0 radical (unpaired) electrons. The van der Waals surface area contributed by atoms with Crippen LogP contribution in [0, 0.1) is 0 Å². The van der Waals surface area contributed by atoms with Crippen LogP contribution in [0.25, 0.3) is 0 Å². The van der Waals surface area contributed by atoms with Gasteiger partial charge in [-0.25, -0.2) is 4.79 Å². The van der Waals surface area contributed by atoms with Crippen LogP contribution < -0.4 is 15.2 Å². The van der Waals surface area contributed by atoms with Gasteiger partial charge in [-0.2, -0.15) is 8.42 Å². The third kappa shape index (κ3) is 3.85. The summed E-state index contributed by atoms with van der Waals surface area (Å²) in [5, 5.41) is 2.20. The van der Waals surface area contributed by atoms with E-state index in [1.54, 1.807) is 17.5 Å². The summed E-state index contributed by atoms with van der Waals surface area (Å²) >= 11 is 1.24. The minimum Gasteiger partial charge on any atom is -0.351 e. The largest absolute Gasteiger partial charge is 0.351 e. The number of nitrogens with two attached hydrogens (primary N) is 1. The molecular formula is C5H7N3O3S3. The van der Waals surface area contributed by atoms with Crippen molar-refractivity contribution in [3.63, 3.8) is 0 Å². The van der Waals surface area contributed by atoms with Crippen LogP contribution in [0.4, 0.5) is 9.80 Å². The molecule has 0 aliphatic heterocycles. The maximum atomic E-state index is 11.2. The Morgan fingerprint density at radius 3 is 2.79 bits per heavy atom. The van der Waals surface area contributed by atoms with E-state index < -0.39 is 15.1 Å². The summed E-state index contributed by atoms with van der Waals surface area (Å²) in [4.78, 5) is 10.2. The molecule has 0 bridgehead atoms. The van der Waals surface area contributed by atoms with Crippen molar-refractivity contribution >= 4 is 42.4 Å². The van der Waals surface area contributed by atoms with Crippen LogP contribution in [0.3, 0.4) is 0 Å². The molecule has 1 heterocycles. The number of primary amides is 1. The Labute approximate surface area is 88.5 Å². The van der Waals surface area contributed by atoms with Crippen LogP contribution in [0.2, 0.25) is 0 Å². The van der Waals surface area contributed by atoms with Crippen LogP contribution in [0.5, 0.6) is 0 Å². The Morgan fingerprint density at radius 2 is 2.29 bits per heavy atom. The quantitative estimate of drug-likeness (QED) is 0.543. The first-order valence-electron chi connectivity index (χ1n) is 3.30. The van der Waals surface area contributed by atoms with Crippen molar-refractivity contribution in [2.45, 2.75) is 0 Å². The molecule has 1 aromatic rings. The van der Waals surface area contributed by atoms with Gasteiger partial charge in [-0.3, -0.25) is 9.44 Å². The molecule has 0 saturated heterocycles. The molecular weight excluding hydrogens is 246 g/mol. The fourth-order valence-corrected chi connectivity index (χ4v) is 3.24. The molecule has 0 saturated carbocycles. The number of carbonyl (C=O) groups is 1. The Kier molecular flexibility index (Phi) is 3.61. The van der Waals surface area contributed by atoms with Gasteiger partial charge in [-0.1, -0.05) is 0 Å². The van der Waals surface area contributed by atoms with Crippen molar-refractivity contribution in [1.82, 2.24) is 4.72 Å². The number of urea groups is 1. The van der Waals surface area contributed by atoms with Gasteiger partial charge in [0, 0.05) is 0 Å². The van der Waals surface area contributed by atoms with E-state index in [1.165, 1.54) is 11.3 Å². The van der Waals surface area contributed by atoms with Crippen molar-refractivity contribution < 1.29 is 13.2 Å². The second-order valence-corrected chi connectivity index (χ2v) is 6.33. The van der Waals surface area contributed by atoms with Gasteiger partial charge in [-0.05, 0) is 17.5 Å². The number of hydrogen-bond acceptors (Lipinski definition) is 5. The predicted octanol–water partition coefficient (Wildman–Crippen LogP) is 0.721. The molecule has 4 N–H and O–H groups in total. The first-order chi connectivity index (χ1) is 6.49. The Hall–Kier alpha value is -0.930. The fraction of sp³-hybridized carbons (Fsp3) is 0. The number of rotatable bonds is 4. The van der Waals surface area contributed by atoms with Crippen LogP contribution in [-0.2, 0) is 9.06 Å². The zero-order chi connectivity index (χ0) is 10.6. The molecule has 14 heavy (non-hydrogen) atoms. The van der Waals surface area contributed by atoms with E-state index in [9.17, 15) is 13.2 Å². The Balaban J connectivity index is 2.55. The minimum absolute atomic E-state index is 0.228. The zero-order valence-corrected chi connectivity index (χ0v) is 9.21. The van der Waals surface area contributed by atoms with Gasteiger partial charge in [0.15, 0.2) is 0 Å². The summed E-state index contributed by atoms with van der Waals surface area (Å²) in [6.45, 7) is 0. The third-order valence-corrected chi connectivity index (χ3v) is 4.05. The number of thiophene rings is 1. The standard InChI is InChI=1S/C5H7N3O3S3/c6-5(9)7-13-14(10,11)8-4-2-1-3-12-4/h1-3,8H,(H3,6,7,9). The second-order valence-electron chi connectivity index (χ2n) is 2.08. The van der Waals surface area contributed by atoms with E-state index in [2.05, 4.69) is 4.72 Å². The molecule has 9 heteroatoms. The highest BCUT2D eigenvalue weighted by Gasteiger charge is 2.12. The lowest BCUT2D eigenvalue weighted by atomic mass is 10.6. The molecule has 0 unspecified atom stereocenters. The van der Waals surface area contributed by atoms with Gasteiger partial charge < -0.3 is 5.73 Å². The normalized spacial score (nSPS) is 10.9. The fourth-order valence-electron chi connectivity index (χ4n) is 0.577. The van der Waals surface area contributed by atoms with Crippen molar-refractivity contribution in [1.29, 1.82) is 0 Å². The van der Waals surface area contributed by atoms with E-state index in [0.717, 1.165) is 0 Å². The number of amides is 2. The van der Waals surface area contributed by atoms with Gasteiger partial charge in [0.25, 0.3) is 0 Å². The van der Waals surface area contributed by atoms with Gasteiger partial charge in [0.2, 0.25) is 0 Å². The lowest BCUT2D eigenvalue weighted by Gasteiger charge is -2.03. The molecule has 2 amide bonds. The predicted molar refractivity (Wildman–Crippen MR) is 57.2 cm³/mol. The van der Waals surface area contributed by atoms with E-state index >= 15 is 0 Å². The summed E-state index contributed by atoms with van der Waals surface area (Å²) < 4.78 is 26.5. The molecule has 6 nitrogen and oxygen atoms in total. The highest BCUT2D eigenvalue weighted by atomic mass is 33.1. The lowest BCUT2D eigenvalue weighted by Crippen LogP contribution is -2.26. The summed E-state index contributed by atoms with van der Waals surface area (Å²) in [6.07, 6.45) is 0. The average molecular weight is 253 g/mol. The second kappa shape index (κ2) is 4.53. The van der Waals surface area contributed by atoms with Crippen molar-refractivity contribution in [2.24, 2.45) is 5.73 Å². The first-order valence-corrected chi connectivity index (χ1v) is 6.99. The van der Waals surface area contributed by atoms with Crippen molar-refractivity contribution in [3.05, 3.63) is 17.5 Å². The van der Waals surface area contributed by atoms with Gasteiger partial charge >= 0.3 is 15.1 Å². The van der Waals surface area contributed by atoms with Gasteiger partial charge in [0.05, 0.1) is 0 Å². The van der Waals surface area contributed by atoms with E-state index in [-0.39, 0.29) is 11.0 Å². The SMILES string of the molecule is NC(=O)NSS(=O)(=O)Nc1cccs1. The maximum Gasteiger partial charge on any atom is 0.322 e. The summed E-state index contributed by atoms with van der Waals surface area (Å²) in [6, 6.07) is 2.40. The van der Waals surface area contributed by atoms with Crippen molar-refractivity contribution in [2.75, 3.05) is 4.72 Å². The smallest absolute Gasteiger partial charge is 0.322 e. The maximum absolute atomic E-state index is 11.2. The summed E-state index contributed by atoms with van der Waals surface area (Å²) in [7, 11) is -3.41. The number of hydrogen-bond donors (Lipinski definition) is 3. The molecule has 0 aromatic carbocycles. The number of carbonyl (C=O) groups excluding carboxylic acids is 1. The molecule has 0 spiro atoms. The molecule has 0 atom stereocenters. The summed E-state index contributed by atoms with van der Waals surface area (Å²) in [5.41, 5.74) is 4.71. The van der Waals surface area contributed by atoms with E-state index in [0.29, 0.717) is 5.00 Å². The third-order valence-electron chi connectivity index (χ3n) is 0.999. The molecule has 0 fully saturated rings. The Morgan fingerprint density at radius 1 is 1.57 bits per heavy atom. The topological polar surface area (TPSA) is 101 Å². The van der Waals surface area contributed by atoms with E-state index in [4.69, 9.17) is 5.73 Å². The zero-order valence-electron chi connectivity index (χ0n) is 6.76. The Bertz CT molecular complexity index is 399. The highest BCUT2D eigenvalue weighted by molar-refractivity contribution is 8.71. The monoisotopic (exact) mass is 253 g/mol. The summed E-state index contributed by atoms with van der Waals surface area (Å²) in [5.74, 6) is 0. The highest BCUT2D eigenvalue weighted by Crippen LogP contribution is 2.19. The molecule has 78 valence electrons. The molecule has 1 rings (SSSR count). The average Bonchev–Trinajstić information content (AvgIpc) is 2.53. The van der Waals surface area contributed by atoms with Crippen molar-refractivity contribution in [3.8, 4) is 0 Å². The lowest BCUT2D eigenvalue weighted by molar-refractivity contribution is 0.254.